The molecule has 0 saturated heterocycles. The molecule has 0 saturated carbocycles. The number of esters is 1. The normalized spacial score (nSPS) is 17.9. The molecule has 1 aromatic carbocycles. The predicted octanol–water partition coefficient (Wildman–Crippen LogP) is 4.41. The van der Waals surface area contributed by atoms with Gasteiger partial charge >= 0.3 is 5.97 Å². The number of ether oxygens (including phenoxy) is 1. The van der Waals surface area contributed by atoms with Gasteiger partial charge in [0.15, 0.2) is 0 Å². The first-order valence-electron chi connectivity index (χ1n) is 11.5. The molecule has 0 spiro atoms. The van der Waals surface area contributed by atoms with Gasteiger partial charge in [-0.15, -0.1) is 11.3 Å². The molecular formula is C25H28N2O5S2. The van der Waals surface area contributed by atoms with Gasteiger partial charge in [0.1, 0.15) is 11.0 Å². The van der Waals surface area contributed by atoms with E-state index in [4.69, 9.17) is 4.74 Å². The highest BCUT2D eigenvalue weighted by Crippen LogP contribution is 2.40. The van der Waals surface area contributed by atoms with Crippen LogP contribution in [0.25, 0.3) is 0 Å². The van der Waals surface area contributed by atoms with Crippen LogP contribution in [0.4, 0.5) is 5.00 Å². The number of fused-ring (bicyclic) bond motifs is 2. The predicted molar refractivity (Wildman–Crippen MR) is 134 cm³/mol. The maximum Gasteiger partial charge on any atom is 0.341 e. The molecule has 34 heavy (non-hydrogen) atoms. The molecule has 0 radical (unpaired) electrons. The summed E-state index contributed by atoms with van der Waals surface area (Å²) < 4.78 is 5.30. The molecule has 0 unspecified atom stereocenters. The highest BCUT2D eigenvalue weighted by Gasteiger charge is 2.43. The number of rotatable bonds is 8. The molecule has 1 N–H and O–H groups in total. The number of benzene rings is 1. The zero-order valence-electron chi connectivity index (χ0n) is 19.5. The Hall–Kier alpha value is -2.65. The van der Waals surface area contributed by atoms with E-state index in [0.29, 0.717) is 39.8 Å². The lowest BCUT2D eigenvalue weighted by Gasteiger charge is -2.25. The molecular weight excluding hydrogens is 472 g/mol. The van der Waals surface area contributed by atoms with Gasteiger partial charge in [-0.25, -0.2) is 4.79 Å². The molecule has 2 aliphatic rings. The summed E-state index contributed by atoms with van der Waals surface area (Å²) >= 11 is 2.93. The number of nitrogens with one attached hydrogen (secondary N) is 1. The van der Waals surface area contributed by atoms with Crippen molar-refractivity contribution in [2.75, 3.05) is 23.9 Å². The first kappa shape index (κ1) is 24.5. The van der Waals surface area contributed by atoms with Crippen molar-refractivity contribution in [3.05, 3.63) is 51.4 Å². The van der Waals surface area contributed by atoms with Crippen molar-refractivity contribution in [2.45, 2.75) is 45.6 Å². The number of carbonyl (C=O) groups is 4. The van der Waals surface area contributed by atoms with Crippen molar-refractivity contribution in [1.29, 1.82) is 0 Å². The molecule has 2 atom stereocenters. The smallest absolute Gasteiger partial charge is 0.341 e. The summed E-state index contributed by atoms with van der Waals surface area (Å²) in [5, 5.41) is 3.34. The number of amides is 3. The highest BCUT2D eigenvalue weighted by atomic mass is 32.2. The first-order valence-corrected chi connectivity index (χ1v) is 13.7. The molecule has 0 fully saturated rings. The molecule has 1 aliphatic heterocycles. The SMILES string of the molecule is CCOC(=O)c1c(NC(=O)[C@@H](CCSC)N2C(=O)c3ccccc3C2=O)sc2c1CC[C@H](C)C2. The second kappa shape index (κ2) is 10.3. The van der Waals surface area contributed by atoms with Crippen LogP contribution in [0.2, 0.25) is 0 Å². The van der Waals surface area contributed by atoms with E-state index in [2.05, 4.69) is 12.2 Å². The van der Waals surface area contributed by atoms with E-state index in [-0.39, 0.29) is 6.61 Å². The van der Waals surface area contributed by atoms with Gasteiger partial charge in [-0.1, -0.05) is 19.1 Å². The van der Waals surface area contributed by atoms with E-state index < -0.39 is 29.7 Å². The maximum absolute atomic E-state index is 13.5. The Balaban J connectivity index is 1.66. The Morgan fingerprint density at radius 3 is 2.53 bits per heavy atom. The van der Waals surface area contributed by atoms with Crippen molar-refractivity contribution in [3.63, 3.8) is 0 Å². The summed E-state index contributed by atoms with van der Waals surface area (Å²) in [6, 6.07) is 5.63. The van der Waals surface area contributed by atoms with Gasteiger partial charge in [0.2, 0.25) is 5.91 Å². The Bertz CT molecular complexity index is 1110. The number of carbonyl (C=O) groups excluding carboxylic acids is 4. The molecule has 0 bridgehead atoms. The molecule has 9 heteroatoms. The standard InChI is InChI=1S/C25H28N2O5S2/c1-4-32-25(31)20-17-10-9-14(2)13-19(17)34-22(20)26-21(28)18(11-12-33-3)27-23(29)15-7-5-6-8-16(15)24(27)30/h5-8,14,18H,4,9-13H2,1-3H3,(H,26,28)/t14-,18+/m0/s1. The lowest BCUT2D eigenvalue weighted by Crippen LogP contribution is -2.47. The minimum Gasteiger partial charge on any atom is -0.462 e. The van der Waals surface area contributed by atoms with E-state index in [9.17, 15) is 19.2 Å². The third kappa shape index (κ3) is 4.51. The molecule has 4 rings (SSSR count). The lowest BCUT2D eigenvalue weighted by molar-refractivity contribution is -0.120. The average molecular weight is 501 g/mol. The fourth-order valence-electron chi connectivity index (χ4n) is 4.55. The Kier molecular flexibility index (Phi) is 7.42. The topological polar surface area (TPSA) is 92.8 Å². The van der Waals surface area contributed by atoms with Crippen LogP contribution < -0.4 is 5.32 Å². The maximum atomic E-state index is 13.5. The number of hydrogen-bond acceptors (Lipinski definition) is 7. The molecule has 2 aromatic rings. The summed E-state index contributed by atoms with van der Waals surface area (Å²) in [6.07, 6.45) is 4.79. The second-order valence-corrected chi connectivity index (χ2v) is 10.7. The van der Waals surface area contributed by atoms with Crippen LogP contribution in [0, 0.1) is 5.92 Å². The van der Waals surface area contributed by atoms with Crippen molar-refractivity contribution in [2.24, 2.45) is 5.92 Å². The summed E-state index contributed by atoms with van der Waals surface area (Å²) in [4.78, 5) is 54.7. The zero-order valence-corrected chi connectivity index (χ0v) is 21.1. The largest absolute Gasteiger partial charge is 0.462 e. The second-order valence-electron chi connectivity index (χ2n) is 8.59. The van der Waals surface area contributed by atoms with Crippen molar-refractivity contribution < 1.29 is 23.9 Å². The van der Waals surface area contributed by atoms with Gasteiger partial charge in [-0.3, -0.25) is 19.3 Å². The number of anilines is 1. The van der Waals surface area contributed by atoms with Crippen molar-refractivity contribution in [3.8, 4) is 0 Å². The number of thiophene rings is 1. The van der Waals surface area contributed by atoms with Crippen LogP contribution in [-0.2, 0) is 22.4 Å². The average Bonchev–Trinajstić information content (AvgIpc) is 3.29. The molecule has 180 valence electrons. The Morgan fingerprint density at radius 1 is 1.24 bits per heavy atom. The fraction of sp³-hybridized carbons (Fsp3) is 0.440. The van der Waals surface area contributed by atoms with Crippen LogP contribution in [0.15, 0.2) is 24.3 Å². The summed E-state index contributed by atoms with van der Waals surface area (Å²) in [5.41, 5.74) is 1.97. The Morgan fingerprint density at radius 2 is 1.91 bits per heavy atom. The molecule has 7 nitrogen and oxygen atoms in total. The van der Waals surface area contributed by atoms with Crippen molar-refractivity contribution >= 4 is 51.8 Å². The van der Waals surface area contributed by atoms with Gasteiger partial charge in [0.05, 0.1) is 23.3 Å². The Labute approximate surface area is 207 Å². The number of nitrogens with zero attached hydrogens (tertiary/aromatic N) is 1. The van der Waals surface area contributed by atoms with E-state index in [1.54, 1.807) is 31.2 Å². The van der Waals surface area contributed by atoms with Gasteiger partial charge in [0.25, 0.3) is 11.8 Å². The molecule has 1 aromatic heterocycles. The molecule has 2 heterocycles. The van der Waals surface area contributed by atoms with Crippen molar-refractivity contribution in [1.82, 2.24) is 4.90 Å². The van der Waals surface area contributed by atoms with Crippen LogP contribution in [0.1, 0.15) is 68.2 Å². The van der Waals surface area contributed by atoms with E-state index in [1.807, 2.05) is 6.26 Å². The third-order valence-corrected chi connectivity index (χ3v) is 8.08. The number of imide groups is 1. The van der Waals surface area contributed by atoms with Crippen LogP contribution in [-0.4, -0.2) is 53.2 Å². The minimum atomic E-state index is -0.979. The molecule has 3 amide bonds. The van der Waals surface area contributed by atoms with Crippen LogP contribution in [0.5, 0.6) is 0 Å². The summed E-state index contributed by atoms with van der Waals surface area (Å²) in [7, 11) is 0. The van der Waals surface area contributed by atoms with Gasteiger partial charge < -0.3 is 10.1 Å². The van der Waals surface area contributed by atoms with Gasteiger partial charge in [-0.05, 0) is 68.2 Å². The summed E-state index contributed by atoms with van der Waals surface area (Å²) in [6.45, 7) is 4.15. The minimum absolute atomic E-state index is 0.235. The molecule has 1 aliphatic carbocycles. The lowest BCUT2D eigenvalue weighted by atomic mass is 9.88. The van der Waals surface area contributed by atoms with Gasteiger partial charge in [0, 0.05) is 4.88 Å². The van der Waals surface area contributed by atoms with E-state index in [0.717, 1.165) is 34.6 Å². The van der Waals surface area contributed by atoms with Crippen LogP contribution in [0.3, 0.4) is 0 Å². The number of thioether (sulfide) groups is 1. The monoisotopic (exact) mass is 500 g/mol. The first-order chi connectivity index (χ1) is 16.4. The quantitative estimate of drug-likeness (QED) is 0.426. The highest BCUT2D eigenvalue weighted by molar-refractivity contribution is 7.98. The van der Waals surface area contributed by atoms with E-state index in [1.165, 1.54) is 23.1 Å². The zero-order chi connectivity index (χ0) is 24.4. The third-order valence-electron chi connectivity index (χ3n) is 6.26. The van der Waals surface area contributed by atoms with E-state index >= 15 is 0 Å². The fourth-order valence-corrected chi connectivity index (χ4v) is 6.41. The summed E-state index contributed by atoms with van der Waals surface area (Å²) in [5.74, 6) is -0.766. The van der Waals surface area contributed by atoms with Gasteiger partial charge in [-0.2, -0.15) is 11.8 Å². The number of hydrogen-bond donors (Lipinski definition) is 1. The van der Waals surface area contributed by atoms with Crippen LogP contribution >= 0.6 is 23.1 Å².